The van der Waals surface area contributed by atoms with Crippen molar-refractivity contribution >= 4 is 0 Å². The van der Waals surface area contributed by atoms with Gasteiger partial charge in [-0.05, 0) is 43.3 Å². The van der Waals surface area contributed by atoms with Gasteiger partial charge in [-0.2, -0.15) is 0 Å². The van der Waals surface area contributed by atoms with E-state index in [9.17, 15) is 0 Å². The molecule has 9 heavy (non-hydrogen) atoms. The van der Waals surface area contributed by atoms with Crippen molar-refractivity contribution in [1.29, 1.82) is 0 Å². The van der Waals surface area contributed by atoms with Crippen molar-refractivity contribution in [3.05, 3.63) is 24.3 Å². The molecular formula is C9H10. The molecule has 0 aromatic carbocycles. The Morgan fingerprint density at radius 1 is 1.22 bits per heavy atom. The predicted octanol–water partition coefficient (Wildman–Crippen LogP) is 2.14. The average molecular weight is 118 g/mol. The van der Waals surface area contributed by atoms with Gasteiger partial charge in [0, 0.05) is 0 Å². The van der Waals surface area contributed by atoms with Crippen LogP contribution in [0.4, 0.5) is 0 Å². The fraction of sp³-hybridized carbons (Fsp3) is 0.556. The number of fused-ring (bicyclic) bond motifs is 1. The molecule has 0 bridgehead atoms. The molecule has 2 aliphatic rings. The molecule has 0 heterocycles. The molecule has 0 saturated heterocycles. The molecule has 0 spiro atoms. The topological polar surface area (TPSA) is 0 Å². The molecule has 46 valence electrons. The van der Waals surface area contributed by atoms with E-state index in [0.717, 1.165) is 24.7 Å². The second-order valence-electron chi connectivity index (χ2n) is 2.85. The van der Waals surface area contributed by atoms with Crippen LogP contribution in [0.3, 0.4) is 0 Å². The molecule has 2 aliphatic carbocycles. The summed E-state index contributed by atoms with van der Waals surface area (Å²) in [7, 11) is 0. The summed E-state index contributed by atoms with van der Waals surface area (Å²) in [6.07, 6.45) is 14.5. The lowest BCUT2D eigenvalue weighted by Gasteiger charge is -2.18. The molecule has 2 unspecified atom stereocenters. The molecular weight excluding hydrogens is 108 g/mol. The highest BCUT2D eigenvalue weighted by Gasteiger charge is 2.22. The Balaban J connectivity index is 2.13. The van der Waals surface area contributed by atoms with Gasteiger partial charge in [-0.25, -0.2) is 0 Å². The van der Waals surface area contributed by atoms with Crippen molar-refractivity contribution in [3.8, 4) is 0 Å². The third-order valence-electron chi connectivity index (χ3n) is 2.25. The van der Waals surface area contributed by atoms with E-state index in [-0.39, 0.29) is 0 Å². The normalized spacial score (nSPS) is 39.1. The summed E-state index contributed by atoms with van der Waals surface area (Å²) < 4.78 is 0. The van der Waals surface area contributed by atoms with Crippen LogP contribution < -0.4 is 0 Å². The molecule has 0 saturated carbocycles. The van der Waals surface area contributed by atoms with Crippen LogP contribution >= 0.6 is 0 Å². The van der Waals surface area contributed by atoms with Gasteiger partial charge >= 0.3 is 0 Å². The summed E-state index contributed by atoms with van der Waals surface area (Å²) in [6, 6.07) is 0. The fourth-order valence-corrected chi connectivity index (χ4v) is 1.62. The second-order valence-corrected chi connectivity index (χ2v) is 2.85. The van der Waals surface area contributed by atoms with E-state index in [2.05, 4.69) is 24.3 Å². The summed E-state index contributed by atoms with van der Waals surface area (Å²) in [5.74, 6) is 1.69. The summed E-state index contributed by atoms with van der Waals surface area (Å²) >= 11 is 0. The van der Waals surface area contributed by atoms with Gasteiger partial charge in [0.2, 0.25) is 0 Å². The maximum absolute atomic E-state index is 3.17. The van der Waals surface area contributed by atoms with E-state index in [4.69, 9.17) is 0 Å². The molecule has 0 nitrogen and oxygen atoms in total. The van der Waals surface area contributed by atoms with Gasteiger partial charge < -0.3 is 0 Å². The maximum Gasteiger partial charge on any atom is -0.0158 e. The van der Waals surface area contributed by atoms with Crippen LogP contribution in [0.5, 0.6) is 0 Å². The summed E-state index contributed by atoms with van der Waals surface area (Å²) in [6.45, 7) is 0. The van der Waals surface area contributed by atoms with Crippen molar-refractivity contribution in [3.63, 3.8) is 0 Å². The Morgan fingerprint density at radius 3 is 3.00 bits per heavy atom. The maximum atomic E-state index is 3.17. The molecule has 2 atom stereocenters. The standard InChI is InChI=1S/C9H10/c1-2-5-9-7-3-6-8(9)4-1/h3,6,8-9H,4-5,7H2. The average Bonchev–Trinajstić information content (AvgIpc) is 2.33. The van der Waals surface area contributed by atoms with E-state index >= 15 is 0 Å². The van der Waals surface area contributed by atoms with Crippen LogP contribution in [-0.4, -0.2) is 0 Å². The highest BCUT2D eigenvalue weighted by molar-refractivity contribution is 5.05. The van der Waals surface area contributed by atoms with Crippen LogP contribution in [0.1, 0.15) is 19.3 Å². The lowest BCUT2D eigenvalue weighted by molar-refractivity contribution is 0.404. The first-order chi connectivity index (χ1) is 4.47. The minimum Gasteiger partial charge on any atom is -0.0879 e. The zero-order chi connectivity index (χ0) is 6.10. The Labute approximate surface area is 56.3 Å². The molecule has 0 aromatic heterocycles. The molecule has 2 radical (unpaired) electrons. The second kappa shape index (κ2) is 2.02. The Morgan fingerprint density at radius 2 is 2.11 bits per heavy atom. The predicted molar refractivity (Wildman–Crippen MR) is 36.5 cm³/mol. The van der Waals surface area contributed by atoms with E-state index in [1.807, 2.05) is 0 Å². The number of hydrogen-bond acceptors (Lipinski definition) is 0. The van der Waals surface area contributed by atoms with Crippen molar-refractivity contribution in [1.82, 2.24) is 0 Å². The number of allylic oxidation sites excluding steroid dienone is 4. The van der Waals surface area contributed by atoms with Crippen LogP contribution in [0, 0.1) is 24.0 Å². The summed E-state index contributed by atoms with van der Waals surface area (Å²) in [4.78, 5) is 0. The largest absolute Gasteiger partial charge is 0.0879 e. The van der Waals surface area contributed by atoms with Crippen molar-refractivity contribution < 1.29 is 0 Å². The van der Waals surface area contributed by atoms with Crippen molar-refractivity contribution in [2.45, 2.75) is 19.3 Å². The monoisotopic (exact) mass is 118 g/mol. The summed E-state index contributed by atoms with van der Waals surface area (Å²) in [5.41, 5.74) is 0. The first kappa shape index (κ1) is 5.28. The van der Waals surface area contributed by atoms with Crippen molar-refractivity contribution in [2.24, 2.45) is 11.8 Å². The molecule has 0 heteroatoms. The molecule has 0 amide bonds. The first-order valence-electron chi connectivity index (χ1n) is 3.59. The highest BCUT2D eigenvalue weighted by atomic mass is 14.3. The fourth-order valence-electron chi connectivity index (χ4n) is 1.62. The van der Waals surface area contributed by atoms with E-state index in [0.29, 0.717) is 0 Å². The zero-order valence-electron chi connectivity index (χ0n) is 5.43. The lowest BCUT2D eigenvalue weighted by Crippen LogP contribution is -2.09. The zero-order valence-corrected chi connectivity index (χ0v) is 5.43. The Kier molecular flexibility index (Phi) is 1.18. The van der Waals surface area contributed by atoms with Crippen molar-refractivity contribution in [2.75, 3.05) is 0 Å². The van der Waals surface area contributed by atoms with Gasteiger partial charge in [-0.1, -0.05) is 12.2 Å². The van der Waals surface area contributed by atoms with Gasteiger partial charge in [0.05, 0.1) is 0 Å². The van der Waals surface area contributed by atoms with Gasteiger partial charge in [-0.15, -0.1) is 0 Å². The summed E-state index contributed by atoms with van der Waals surface area (Å²) in [5, 5.41) is 0. The third-order valence-corrected chi connectivity index (χ3v) is 2.25. The Bertz CT molecular complexity index is 153. The lowest BCUT2D eigenvalue weighted by atomic mass is 9.86. The third kappa shape index (κ3) is 0.827. The smallest absolute Gasteiger partial charge is 0.0158 e. The molecule has 0 N–H and O–H groups in total. The van der Waals surface area contributed by atoms with Gasteiger partial charge in [-0.3, -0.25) is 0 Å². The van der Waals surface area contributed by atoms with E-state index in [1.165, 1.54) is 6.42 Å². The van der Waals surface area contributed by atoms with Gasteiger partial charge in [0.15, 0.2) is 0 Å². The van der Waals surface area contributed by atoms with Crippen LogP contribution in [-0.2, 0) is 0 Å². The van der Waals surface area contributed by atoms with Gasteiger partial charge in [0.25, 0.3) is 0 Å². The Hall–Kier alpha value is -0.520. The molecule has 0 aromatic rings. The van der Waals surface area contributed by atoms with Crippen LogP contribution in [0.25, 0.3) is 0 Å². The minimum absolute atomic E-state index is 0.811. The number of rotatable bonds is 0. The number of hydrogen-bond donors (Lipinski definition) is 0. The van der Waals surface area contributed by atoms with Crippen LogP contribution in [0.15, 0.2) is 12.2 Å². The van der Waals surface area contributed by atoms with E-state index in [1.54, 1.807) is 0 Å². The van der Waals surface area contributed by atoms with E-state index < -0.39 is 0 Å². The molecule has 0 fully saturated rings. The van der Waals surface area contributed by atoms with Crippen LogP contribution in [0.2, 0.25) is 0 Å². The molecule has 2 rings (SSSR count). The first-order valence-corrected chi connectivity index (χ1v) is 3.59. The highest BCUT2D eigenvalue weighted by Crippen LogP contribution is 2.33. The quantitative estimate of drug-likeness (QED) is 0.427. The SMILES string of the molecule is [C]1=[C]CC2CC=CC2C1. The minimum atomic E-state index is 0.811. The van der Waals surface area contributed by atoms with Gasteiger partial charge in [0.1, 0.15) is 0 Å². The molecule has 0 aliphatic heterocycles.